The van der Waals surface area contributed by atoms with Gasteiger partial charge >= 0.3 is 0 Å². The summed E-state index contributed by atoms with van der Waals surface area (Å²) in [5.41, 5.74) is 2.38. The Hall–Kier alpha value is -2.53. The lowest BCUT2D eigenvalue weighted by Gasteiger charge is -2.32. The molecule has 1 aliphatic heterocycles. The summed E-state index contributed by atoms with van der Waals surface area (Å²) < 4.78 is 10.6. The van der Waals surface area contributed by atoms with Crippen LogP contribution in [0.15, 0.2) is 48.5 Å². The lowest BCUT2D eigenvalue weighted by molar-refractivity contribution is -0.121. The smallest absolute Gasteiger partial charge is 0.220 e. The highest BCUT2D eigenvalue weighted by atomic mass is 16.5. The topological polar surface area (TPSA) is 50.8 Å². The summed E-state index contributed by atoms with van der Waals surface area (Å²) in [6, 6.07) is 16.4. The van der Waals surface area contributed by atoms with Gasteiger partial charge < -0.3 is 19.7 Å². The SMILES string of the molecule is COc1ccc(CNC(=O)CCC2CCCN(CCCc3ccccc3)C2)c(OC)c1. The summed E-state index contributed by atoms with van der Waals surface area (Å²) >= 11 is 0. The van der Waals surface area contributed by atoms with Crippen molar-refractivity contribution in [2.75, 3.05) is 33.9 Å². The average molecular weight is 425 g/mol. The third kappa shape index (κ3) is 7.59. The maximum atomic E-state index is 12.4. The van der Waals surface area contributed by atoms with Crippen LogP contribution >= 0.6 is 0 Å². The molecule has 0 aromatic heterocycles. The van der Waals surface area contributed by atoms with Crippen LogP contribution in [0.3, 0.4) is 0 Å². The number of hydrogen-bond donors (Lipinski definition) is 1. The second kappa shape index (κ2) is 12.4. The van der Waals surface area contributed by atoms with Crippen LogP contribution in [-0.2, 0) is 17.8 Å². The molecule has 168 valence electrons. The summed E-state index contributed by atoms with van der Waals surface area (Å²) in [7, 11) is 3.26. The van der Waals surface area contributed by atoms with Gasteiger partial charge in [-0.15, -0.1) is 0 Å². The predicted octanol–water partition coefficient (Wildman–Crippen LogP) is 4.45. The molecule has 5 heteroatoms. The molecule has 1 saturated heterocycles. The molecule has 1 amide bonds. The largest absolute Gasteiger partial charge is 0.497 e. The van der Waals surface area contributed by atoms with E-state index in [1.165, 1.54) is 31.4 Å². The fraction of sp³-hybridized carbons (Fsp3) is 0.500. The number of amides is 1. The van der Waals surface area contributed by atoms with Gasteiger partial charge in [0.1, 0.15) is 11.5 Å². The Kier molecular flexibility index (Phi) is 9.22. The fourth-order valence-electron chi connectivity index (χ4n) is 4.36. The number of likely N-dealkylation sites (tertiary alicyclic amines) is 1. The van der Waals surface area contributed by atoms with Crippen molar-refractivity contribution in [2.45, 2.75) is 45.1 Å². The summed E-state index contributed by atoms with van der Waals surface area (Å²) in [5, 5.41) is 3.04. The van der Waals surface area contributed by atoms with E-state index in [1.54, 1.807) is 14.2 Å². The molecule has 1 heterocycles. The maximum absolute atomic E-state index is 12.4. The van der Waals surface area contributed by atoms with Gasteiger partial charge in [-0.2, -0.15) is 0 Å². The van der Waals surface area contributed by atoms with Crippen LogP contribution in [0.5, 0.6) is 11.5 Å². The highest BCUT2D eigenvalue weighted by Crippen LogP contribution is 2.25. The molecule has 1 fully saturated rings. The first-order valence-corrected chi connectivity index (χ1v) is 11.4. The van der Waals surface area contributed by atoms with Crippen LogP contribution < -0.4 is 14.8 Å². The summed E-state index contributed by atoms with van der Waals surface area (Å²) in [6.45, 7) is 3.93. The van der Waals surface area contributed by atoms with E-state index >= 15 is 0 Å². The monoisotopic (exact) mass is 424 g/mol. The second-order valence-electron chi connectivity index (χ2n) is 8.39. The molecule has 0 saturated carbocycles. The number of nitrogens with one attached hydrogen (secondary N) is 1. The summed E-state index contributed by atoms with van der Waals surface area (Å²) in [4.78, 5) is 15.0. The zero-order valence-corrected chi connectivity index (χ0v) is 18.9. The minimum absolute atomic E-state index is 0.110. The number of ether oxygens (including phenoxy) is 2. The van der Waals surface area contributed by atoms with E-state index in [1.807, 2.05) is 18.2 Å². The number of aryl methyl sites for hydroxylation is 1. The van der Waals surface area contributed by atoms with Crippen LogP contribution in [0.2, 0.25) is 0 Å². The molecule has 31 heavy (non-hydrogen) atoms. The first kappa shape index (κ1) is 23.1. The van der Waals surface area contributed by atoms with E-state index in [0.717, 1.165) is 43.0 Å². The van der Waals surface area contributed by atoms with Crippen molar-refractivity contribution in [1.29, 1.82) is 0 Å². The van der Waals surface area contributed by atoms with Crippen molar-refractivity contribution in [3.8, 4) is 11.5 Å². The standard InChI is InChI=1S/C26H36N2O3/c1-30-24-14-13-23(25(18-24)31-2)19-27-26(29)15-12-22-11-7-17-28(20-22)16-6-10-21-8-4-3-5-9-21/h3-5,8-9,13-14,18,22H,6-7,10-12,15-17,19-20H2,1-2H3,(H,27,29). The number of nitrogens with zero attached hydrogens (tertiary/aromatic N) is 1. The van der Waals surface area contributed by atoms with Gasteiger partial charge in [-0.1, -0.05) is 30.3 Å². The summed E-state index contributed by atoms with van der Waals surface area (Å²) in [6.07, 6.45) is 6.34. The highest BCUT2D eigenvalue weighted by Gasteiger charge is 2.20. The molecule has 1 aliphatic rings. The first-order chi connectivity index (χ1) is 15.2. The Morgan fingerprint density at radius 3 is 2.74 bits per heavy atom. The molecule has 0 spiro atoms. The van der Waals surface area contributed by atoms with Crippen molar-refractivity contribution in [3.05, 3.63) is 59.7 Å². The van der Waals surface area contributed by atoms with E-state index in [9.17, 15) is 4.79 Å². The maximum Gasteiger partial charge on any atom is 0.220 e. The van der Waals surface area contributed by atoms with Crippen LogP contribution in [-0.4, -0.2) is 44.7 Å². The molecule has 5 nitrogen and oxygen atoms in total. The number of hydrogen-bond acceptors (Lipinski definition) is 4. The number of carbonyl (C=O) groups excluding carboxylic acids is 1. The first-order valence-electron chi connectivity index (χ1n) is 11.4. The quantitative estimate of drug-likeness (QED) is 0.579. The van der Waals surface area contributed by atoms with Gasteiger partial charge in [-0.3, -0.25) is 4.79 Å². The number of carbonyl (C=O) groups is 1. The molecular formula is C26H36N2O3. The number of benzene rings is 2. The van der Waals surface area contributed by atoms with Gasteiger partial charge in [0.25, 0.3) is 0 Å². The Labute approximate surface area is 186 Å². The minimum atomic E-state index is 0.110. The van der Waals surface area contributed by atoms with Gasteiger partial charge in [-0.25, -0.2) is 0 Å². The molecule has 0 bridgehead atoms. The van der Waals surface area contributed by atoms with Crippen LogP contribution in [0.25, 0.3) is 0 Å². The van der Waals surface area contributed by atoms with E-state index in [2.05, 4.69) is 40.5 Å². The van der Waals surface area contributed by atoms with E-state index in [4.69, 9.17) is 9.47 Å². The fourth-order valence-corrected chi connectivity index (χ4v) is 4.36. The van der Waals surface area contributed by atoms with Crippen LogP contribution in [0, 0.1) is 5.92 Å². The molecule has 1 unspecified atom stereocenters. The molecule has 3 rings (SSSR count). The highest BCUT2D eigenvalue weighted by molar-refractivity contribution is 5.75. The van der Waals surface area contributed by atoms with Crippen molar-refractivity contribution < 1.29 is 14.3 Å². The third-order valence-corrected chi connectivity index (χ3v) is 6.14. The predicted molar refractivity (Wildman–Crippen MR) is 125 cm³/mol. The molecule has 2 aromatic rings. The zero-order valence-electron chi connectivity index (χ0n) is 18.9. The van der Waals surface area contributed by atoms with Gasteiger partial charge in [0.05, 0.1) is 14.2 Å². The molecule has 0 aliphatic carbocycles. The summed E-state index contributed by atoms with van der Waals surface area (Å²) in [5.74, 6) is 2.21. The minimum Gasteiger partial charge on any atom is -0.497 e. The van der Waals surface area contributed by atoms with E-state index in [0.29, 0.717) is 18.9 Å². The van der Waals surface area contributed by atoms with E-state index < -0.39 is 0 Å². The van der Waals surface area contributed by atoms with Crippen LogP contribution in [0.4, 0.5) is 0 Å². The van der Waals surface area contributed by atoms with E-state index in [-0.39, 0.29) is 5.91 Å². The Balaban J connectivity index is 1.36. The van der Waals surface area contributed by atoms with Crippen molar-refractivity contribution >= 4 is 5.91 Å². The van der Waals surface area contributed by atoms with Crippen molar-refractivity contribution in [2.24, 2.45) is 5.92 Å². The average Bonchev–Trinajstić information content (AvgIpc) is 2.82. The Morgan fingerprint density at radius 2 is 1.97 bits per heavy atom. The molecule has 1 N–H and O–H groups in total. The normalized spacial score (nSPS) is 16.6. The lowest BCUT2D eigenvalue weighted by Crippen LogP contribution is -2.36. The zero-order chi connectivity index (χ0) is 21.9. The number of rotatable bonds is 11. The molecule has 2 aromatic carbocycles. The van der Waals surface area contributed by atoms with Gasteiger partial charge in [0, 0.05) is 31.1 Å². The second-order valence-corrected chi connectivity index (χ2v) is 8.39. The molecule has 1 atom stereocenters. The number of piperidine rings is 1. The van der Waals surface area contributed by atoms with Crippen molar-refractivity contribution in [3.63, 3.8) is 0 Å². The lowest BCUT2D eigenvalue weighted by atomic mass is 9.93. The number of methoxy groups -OCH3 is 2. The van der Waals surface area contributed by atoms with Gasteiger partial charge in [-0.05, 0) is 68.8 Å². The van der Waals surface area contributed by atoms with Gasteiger partial charge in [0.15, 0.2) is 0 Å². The molecule has 0 radical (unpaired) electrons. The van der Waals surface area contributed by atoms with Crippen molar-refractivity contribution in [1.82, 2.24) is 10.2 Å². The third-order valence-electron chi connectivity index (χ3n) is 6.14. The Bertz CT molecular complexity index is 810. The molecular weight excluding hydrogens is 388 g/mol. The van der Waals surface area contributed by atoms with Gasteiger partial charge in [0.2, 0.25) is 5.91 Å². The van der Waals surface area contributed by atoms with Crippen LogP contribution in [0.1, 0.15) is 43.2 Å². The Morgan fingerprint density at radius 1 is 1.13 bits per heavy atom.